The van der Waals surface area contributed by atoms with Gasteiger partial charge in [0.1, 0.15) is 11.8 Å². The van der Waals surface area contributed by atoms with E-state index in [2.05, 4.69) is 16.0 Å². The molecule has 0 heterocycles. The predicted octanol–water partition coefficient (Wildman–Crippen LogP) is 3.75. The third-order valence-corrected chi connectivity index (χ3v) is 3.61. The summed E-state index contributed by atoms with van der Waals surface area (Å²) in [6, 6.07) is 11.6. The highest BCUT2D eigenvalue weighted by atomic mass is 35.5. The zero-order chi connectivity index (χ0) is 18.4. The number of rotatable bonds is 6. The number of halogens is 1. The van der Waals surface area contributed by atoms with Crippen molar-refractivity contribution in [1.29, 1.82) is 0 Å². The Morgan fingerprint density at radius 2 is 1.80 bits per heavy atom. The molecule has 0 radical (unpaired) electrons. The molecule has 2 aromatic rings. The van der Waals surface area contributed by atoms with E-state index in [0.29, 0.717) is 27.8 Å². The van der Waals surface area contributed by atoms with E-state index in [1.807, 2.05) is 6.07 Å². The molecule has 0 aliphatic rings. The Kier molecular flexibility index (Phi) is 6.25. The summed E-state index contributed by atoms with van der Waals surface area (Å²) in [5.41, 5.74) is 1.87. The van der Waals surface area contributed by atoms with Crippen molar-refractivity contribution in [2.45, 2.75) is 19.9 Å². The van der Waals surface area contributed by atoms with Gasteiger partial charge in [0, 0.05) is 23.3 Å². The van der Waals surface area contributed by atoms with E-state index in [1.54, 1.807) is 43.3 Å². The lowest BCUT2D eigenvalue weighted by Crippen LogP contribution is -2.32. The maximum atomic E-state index is 12.4. The summed E-state index contributed by atoms with van der Waals surface area (Å²) >= 11 is 5.97. The molecule has 132 valence electrons. The average molecular weight is 362 g/mol. The van der Waals surface area contributed by atoms with Gasteiger partial charge in [-0.3, -0.25) is 9.59 Å². The van der Waals surface area contributed by atoms with Crippen LogP contribution in [0.4, 0.5) is 17.1 Å². The van der Waals surface area contributed by atoms with Gasteiger partial charge in [0.05, 0.1) is 12.8 Å². The van der Waals surface area contributed by atoms with E-state index in [4.69, 9.17) is 16.3 Å². The number of ether oxygens (including phenoxy) is 1. The smallest absolute Gasteiger partial charge is 0.246 e. The molecule has 0 aliphatic carbocycles. The second-order valence-electron chi connectivity index (χ2n) is 5.46. The molecule has 7 heteroatoms. The van der Waals surface area contributed by atoms with Crippen LogP contribution in [0.5, 0.6) is 5.75 Å². The number of carbonyl (C=O) groups is 2. The van der Waals surface area contributed by atoms with Gasteiger partial charge in [-0.1, -0.05) is 17.7 Å². The maximum absolute atomic E-state index is 12.4. The molecule has 25 heavy (non-hydrogen) atoms. The molecule has 0 aromatic heterocycles. The summed E-state index contributed by atoms with van der Waals surface area (Å²) in [6.45, 7) is 3.17. The standard InChI is InChI=1S/C18H20ClN3O3/c1-11(20-14-5-4-6-15(10-14)21-12(2)23)18(24)22-16-9-13(19)7-8-17(16)25-3/h4-11,20H,1-3H3,(H,21,23)(H,22,24)/t11-/m1/s1. The van der Waals surface area contributed by atoms with Crippen molar-refractivity contribution in [3.05, 3.63) is 47.5 Å². The maximum Gasteiger partial charge on any atom is 0.246 e. The first-order chi connectivity index (χ1) is 11.9. The molecule has 0 spiro atoms. The lowest BCUT2D eigenvalue weighted by Gasteiger charge is -2.17. The van der Waals surface area contributed by atoms with Gasteiger partial charge in [0.15, 0.2) is 0 Å². The van der Waals surface area contributed by atoms with Crippen molar-refractivity contribution in [2.75, 3.05) is 23.1 Å². The quantitative estimate of drug-likeness (QED) is 0.732. The second kappa shape index (κ2) is 8.39. The molecule has 2 amide bonds. The van der Waals surface area contributed by atoms with Crippen LogP contribution >= 0.6 is 11.6 Å². The molecule has 6 nitrogen and oxygen atoms in total. The fraction of sp³-hybridized carbons (Fsp3) is 0.222. The Hall–Kier alpha value is -2.73. The topological polar surface area (TPSA) is 79.5 Å². The van der Waals surface area contributed by atoms with Crippen molar-refractivity contribution in [3.8, 4) is 5.75 Å². The largest absolute Gasteiger partial charge is 0.495 e. The molecule has 2 aromatic carbocycles. The van der Waals surface area contributed by atoms with Crippen LogP contribution in [0.1, 0.15) is 13.8 Å². The Morgan fingerprint density at radius 3 is 2.48 bits per heavy atom. The molecule has 1 atom stereocenters. The molecule has 0 bridgehead atoms. The Balaban J connectivity index is 2.06. The van der Waals surface area contributed by atoms with E-state index in [9.17, 15) is 9.59 Å². The number of benzene rings is 2. The minimum atomic E-state index is -0.517. The zero-order valence-electron chi connectivity index (χ0n) is 14.2. The van der Waals surface area contributed by atoms with E-state index in [0.717, 1.165) is 0 Å². The highest BCUT2D eigenvalue weighted by Crippen LogP contribution is 2.28. The Morgan fingerprint density at radius 1 is 1.08 bits per heavy atom. The number of anilines is 3. The SMILES string of the molecule is COc1ccc(Cl)cc1NC(=O)[C@@H](C)Nc1cccc(NC(C)=O)c1. The summed E-state index contributed by atoms with van der Waals surface area (Å²) in [6.07, 6.45) is 0. The van der Waals surface area contributed by atoms with Gasteiger partial charge in [-0.05, 0) is 43.3 Å². The number of amides is 2. The monoisotopic (exact) mass is 361 g/mol. The first kappa shape index (κ1) is 18.6. The number of hydrogen-bond acceptors (Lipinski definition) is 4. The van der Waals surface area contributed by atoms with Crippen LogP contribution in [-0.2, 0) is 9.59 Å². The number of nitrogens with one attached hydrogen (secondary N) is 3. The molecule has 0 aliphatic heterocycles. The third-order valence-electron chi connectivity index (χ3n) is 3.38. The van der Waals surface area contributed by atoms with Gasteiger partial charge < -0.3 is 20.7 Å². The lowest BCUT2D eigenvalue weighted by atomic mass is 10.2. The van der Waals surface area contributed by atoms with Crippen LogP contribution in [0.2, 0.25) is 5.02 Å². The van der Waals surface area contributed by atoms with Crippen LogP contribution in [0.25, 0.3) is 0 Å². The predicted molar refractivity (Wildman–Crippen MR) is 100 cm³/mol. The Bertz CT molecular complexity index is 780. The van der Waals surface area contributed by atoms with Gasteiger partial charge in [-0.25, -0.2) is 0 Å². The van der Waals surface area contributed by atoms with Crippen molar-refractivity contribution >= 4 is 40.5 Å². The molecular formula is C18H20ClN3O3. The van der Waals surface area contributed by atoms with Gasteiger partial charge in [-0.15, -0.1) is 0 Å². The van der Waals surface area contributed by atoms with E-state index >= 15 is 0 Å². The lowest BCUT2D eigenvalue weighted by molar-refractivity contribution is -0.116. The van der Waals surface area contributed by atoms with Crippen LogP contribution in [-0.4, -0.2) is 25.0 Å². The highest BCUT2D eigenvalue weighted by Gasteiger charge is 2.15. The van der Waals surface area contributed by atoms with Crippen LogP contribution < -0.4 is 20.7 Å². The summed E-state index contributed by atoms with van der Waals surface area (Å²) in [5, 5.41) is 9.08. The van der Waals surface area contributed by atoms with Crippen LogP contribution in [0.3, 0.4) is 0 Å². The second-order valence-corrected chi connectivity index (χ2v) is 5.90. The fourth-order valence-corrected chi connectivity index (χ4v) is 2.40. The fourth-order valence-electron chi connectivity index (χ4n) is 2.22. The highest BCUT2D eigenvalue weighted by molar-refractivity contribution is 6.31. The Labute approximate surface area is 151 Å². The molecule has 3 N–H and O–H groups in total. The molecule has 0 saturated heterocycles. The summed E-state index contributed by atoms with van der Waals surface area (Å²) in [7, 11) is 1.52. The number of hydrogen-bond donors (Lipinski definition) is 3. The molecule has 2 rings (SSSR count). The average Bonchev–Trinajstić information content (AvgIpc) is 2.54. The summed E-state index contributed by atoms with van der Waals surface area (Å²) < 4.78 is 5.22. The van der Waals surface area contributed by atoms with E-state index < -0.39 is 6.04 Å². The minimum absolute atomic E-state index is 0.156. The molecule has 0 unspecified atom stereocenters. The summed E-state index contributed by atoms with van der Waals surface area (Å²) in [5.74, 6) is 0.124. The first-order valence-electron chi connectivity index (χ1n) is 7.67. The van der Waals surface area contributed by atoms with Crippen molar-refractivity contribution < 1.29 is 14.3 Å². The van der Waals surface area contributed by atoms with Crippen molar-refractivity contribution in [3.63, 3.8) is 0 Å². The van der Waals surface area contributed by atoms with Crippen LogP contribution in [0.15, 0.2) is 42.5 Å². The molecule has 0 fully saturated rings. The minimum Gasteiger partial charge on any atom is -0.495 e. The van der Waals surface area contributed by atoms with Crippen molar-refractivity contribution in [2.24, 2.45) is 0 Å². The van der Waals surface area contributed by atoms with E-state index in [-0.39, 0.29) is 11.8 Å². The normalized spacial score (nSPS) is 11.4. The van der Waals surface area contributed by atoms with Gasteiger partial charge >= 0.3 is 0 Å². The third kappa shape index (κ3) is 5.39. The zero-order valence-corrected chi connectivity index (χ0v) is 15.0. The van der Waals surface area contributed by atoms with E-state index in [1.165, 1.54) is 14.0 Å². The first-order valence-corrected chi connectivity index (χ1v) is 8.05. The van der Waals surface area contributed by atoms with Gasteiger partial charge in [-0.2, -0.15) is 0 Å². The molecule has 0 saturated carbocycles. The molecular weight excluding hydrogens is 342 g/mol. The number of methoxy groups -OCH3 is 1. The van der Waals surface area contributed by atoms with Gasteiger partial charge in [0.2, 0.25) is 11.8 Å². The van der Waals surface area contributed by atoms with Crippen LogP contribution in [0, 0.1) is 0 Å². The van der Waals surface area contributed by atoms with Crippen molar-refractivity contribution in [1.82, 2.24) is 0 Å². The summed E-state index contributed by atoms with van der Waals surface area (Å²) in [4.78, 5) is 23.5. The number of carbonyl (C=O) groups excluding carboxylic acids is 2. The van der Waals surface area contributed by atoms with Gasteiger partial charge in [0.25, 0.3) is 0 Å².